The molecule has 3 nitrogen and oxygen atoms in total. The standard InChI is InChI=1S/C25H27N3/c1-4-5-6-20-7-13-24(14-8-20)27-28-25-17-11-22(12-18-25)21-9-15-23(16-10-21)26-19(2)3/h7-18,26H,2,4-6H2,1,3H3. The highest BCUT2D eigenvalue weighted by Gasteiger charge is 1.99. The number of benzene rings is 3. The summed E-state index contributed by atoms with van der Waals surface area (Å²) >= 11 is 0. The van der Waals surface area contributed by atoms with Crippen LogP contribution in [-0.2, 0) is 6.42 Å². The van der Waals surface area contributed by atoms with E-state index in [4.69, 9.17) is 0 Å². The molecule has 0 bridgehead atoms. The first-order valence-electron chi connectivity index (χ1n) is 9.78. The molecule has 0 saturated heterocycles. The van der Waals surface area contributed by atoms with Crippen LogP contribution in [0.15, 0.2) is 95.3 Å². The quantitative estimate of drug-likeness (QED) is 0.400. The highest BCUT2D eigenvalue weighted by Crippen LogP contribution is 2.25. The largest absolute Gasteiger partial charge is 0.360 e. The highest BCUT2D eigenvalue weighted by atomic mass is 15.1. The van der Waals surface area contributed by atoms with Gasteiger partial charge >= 0.3 is 0 Å². The Morgan fingerprint density at radius 1 is 0.786 bits per heavy atom. The molecular formula is C25H27N3. The fourth-order valence-corrected chi connectivity index (χ4v) is 2.94. The van der Waals surface area contributed by atoms with Gasteiger partial charge in [-0.2, -0.15) is 10.2 Å². The summed E-state index contributed by atoms with van der Waals surface area (Å²) in [6, 6.07) is 24.8. The molecular weight excluding hydrogens is 342 g/mol. The van der Waals surface area contributed by atoms with E-state index < -0.39 is 0 Å². The molecule has 0 fully saturated rings. The molecule has 0 saturated carbocycles. The predicted octanol–water partition coefficient (Wildman–Crippen LogP) is 8.06. The average Bonchev–Trinajstić information content (AvgIpc) is 2.72. The molecule has 3 aromatic carbocycles. The maximum atomic E-state index is 4.36. The van der Waals surface area contributed by atoms with Crippen molar-refractivity contribution in [2.24, 2.45) is 10.2 Å². The summed E-state index contributed by atoms with van der Waals surface area (Å²) in [4.78, 5) is 0. The number of unbranched alkanes of at least 4 members (excludes halogenated alkanes) is 1. The van der Waals surface area contributed by atoms with Crippen molar-refractivity contribution in [2.75, 3.05) is 5.32 Å². The Morgan fingerprint density at radius 2 is 1.29 bits per heavy atom. The van der Waals surface area contributed by atoms with Crippen molar-refractivity contribution in [3.05, 3.63) is 90.6 Å². The van der Waals surface area contributed by atoms with Gasteiger partial charge in [-0.05, 0) is 72.9 Å². The van der Waals surface area contributed by atoms with Crippen LogP contribution in [-0.4, -0.2) is 0 Å². The molecule has 3 heteroatoms. The minimum atomic E-state index is 0.847. The zero-order chi connectivity index (χ0) is 19.8. The van der Waals surface area contributed by atoms with E-state index in [1.165, 1.54) is 24.0 Å². The lowest BCUT2D eigenvalue weighted by atomic mass is 10.1. The van der Waals surface area contributed by atoms with E-state index in [0.717, 1.165) is 34.7 Å². The van der Waals surface area contributed by atoms with Gasteiger partial charge in [0.25, 0.3) is 0 Å². The highest BCUT2D eigenvalue weighted by molar-refractivity contribution is 5.68. The topological polar surface area (TPSA) is 36.8 Å². The fourth-order valence-electron chi connectivity index (χ4n) is 2.94. The van der Waals surface area contributed by atoms with Gasteiger partial charge in [0.05, 0.1) is 11.4 Å². The summed E-state index contributed by atoms with van der Waals surface area (Å²) in [6.07, 6.45) is 3.56. The summed E-state index contributed by atoms with van der Waals surface area (Å²) in [6.45, 7) is 8.02. The van der Waals surface area contributed by atoms with Crippen LogP contribution in [0.25, 0.3) is 11.1 Å². The number of anilines is 1. The lowest BCUT2D eigenvalue weighted by Gasteiger charge is -2.07. The second-order valence-electron chi connectivity index (χ2n) is 7.00. The molecule has 0 atom stereocenters. The first-order chi connectivity index (χ1) is 13.6. The van der Waals surface area contributed by atoms with Gasteiger partial charge in [-0.15, -0.1) is 0 Å². The molecule has 0 aliphatic carbocycles. The van der Waals surface area contributed by atoms with E-state index in [2.05, 4.69) is 77.6 Å². The van der Waals surface area contributed by atoms with Crippen LogP contribution in [0, 0.1) is 0 Å². The molecule has 1 N–H and O–H groups in total. The minimum Gasteiger partial charge on any atom is -0.360 e. The minimum absolute atomic E-state index is 0.847. The van der Waals surface area contributed by atoms with E-state index in [0.29, 0.717) is 0 Å². The Morgan fingerprint density at radius 3 is 1.79 bits per heavy atom. The van der Waals surface area contributed by atoms with E-state index in [9.17, 15) is 0 Å². The summed E-state index contributed by atoms with van der Waals surface area (Å²) in [7, 11) is 0. The third-order valence-electron chi connectivity index (χ3n) is 4.48. The lowest BCUT2D eigenvalue weighted by molar-refractivity contribution is 0.795. The van der Waals surface area contributed by atoms with Gasteiger partial charge in [-0.3, -0.25) is 0 Å². The SMILES string of the molecule is C=C(C)Nc1ccc(-c2ccc(N=Nc3ccc(CCCC)cc3)cc2)cc1. The molecule has 3 rings (SSSR count). The molecule has 0 amide bonds. The van der Waals surface area contributed by atoms with E-state index in [1.54, 1.807) is 0 Å². The number of azo groups is 1. The van der Waals surface area contributed by atoms with E-state index in [1.807, 2.05) is 31.2 Å². The third kappa shape index (κ3) is 5.65. The number of rotatable bonds is 8. The first-order valence-corrected chi connectivity index (χ1v) is 9.78. The monoisotopic (exact) mass is 369 g/mol. The Bertz CT molecular complexity index is 921. The van der Waals surface area contributed by atoms with Crippen LogP contribution in [0.3, 0.4) is 0 Å². The second-order valence-corrected chi connectivity index (χ2v) is 7.00. The fraction of sp³-hybridized carbons (Fsp3) is 0.200. The van der Waals surface area contributed by atoms with Crippen molar-refractivity contribution in [1.82, 2.24) is 0 Å². The smallest absolute Gasteiger partial charge is 0.0857 e. The van der Waals surface area contributed by atoms with E-state index >= 15 is 0 Å². The first kappa shape index (κ1) is 19.6. The van der Waals surface area contributed by atoms with Crippen molar-refractivity contribution in [3.63, 3.8) is 0 Å². The number of allylic oxidation sites excluding steroid dienone is 1. The lowest BCUT2D eigenvalue weighted by Crippen LogP contribution is -1.92. The Labute approximate surface area is 167 Å². The number of aryl methyl sites for hydroxylation is 1. The van der Waals surface area contributed by atoms with Crippen LogP contribution in [0.2, 0.25) is 0 Å². The van der Waals surface area contributed by atoms with Gasteiger partial charge in [-0.1, -0.05) is 56.3 Å². The van der Waals surface area contributed by atoms with Crippen LogP contribution >= 0.6 is 0 Å². The number of hydrogen-bond acceptors (Lipinski definition) is 3. The summed E-state index contributed by atoms with van der Waals surface area (Å²) in [5, 5.41) is 11.9. The van der Waals surface area contributed by atoms with Gasteiger partial charge < -0.3 is 5.32 Å². The molecule has 28 heavy (non-hydrogen) atoms. The van der Waals surface area contributed by atoms with Crippen molar-refractivity contribution < 1.29 is 0 Å². The van der Waals surface area contributed by atoms with Crippen molar-refractivity contribution in [1.29, 1.82) is 0 Å². The molecule has 3 aromatic rings. The van der Waals surface area contributed by atoms with Crippen molar-refractivity contribution in [2.45, 2.75) is 33.1 Å². The summed E-state index contributed by atoms with van der Waals surface area (Å²) in [5.74, 6) is 0. The number of nitrogens with zero attached hydrogens (tertiary/aromatic N) is 2. The molecule has 0 aliphatic heterocycles. The second kappa shape index (κ2) is 9.65. The maximum Gasteiger partial charge on any atom is 0.0857 e. The Kier molecular flexibility index (Phi) is 6.74. The Hall–Kier alpha value is -3.20. The third-order valence-corrected chi connectivity index (χ3v) is 4.48. The zero-order valence-electron chi connectivity index (χ0n) is 16.7. The van der Waals surface area contributed by atoms with Gasteiger partial charge in [-0.25, -0.2) is 0 Å². The number of hydrogen-bond donors (Lipinski definition) is 1. The Balaban J connectivity index is 1.63. The van der Waals surface area contributed by atoms with Crippen LogP contribution < -0.4 is 5.32 Å². The molecule has 0 aromatic heterocycles. The molecule has 0 spiro atoms. The predicted molar refractivity (Wildman–Crippen MR) is 120 cm³/mol. The zero-order valence-corrected chi connectivity index (χ0v) is 16.7. The van der Waals surface area contributed by atoms with E-state index in [-0.39, 0.29) is 0 Å². The molecule has 142 valence electrons. The van der Waals surface area contributed by atoms with Gasteiger partial charge in [0.15, 0.2) is 0 Å². The summed E-state index contributed by atoms with van der Waals surface area (Å²) in [5.41, 5.74) is 7.37. The summed E-state index contributed by atoms with van der Waals surface area (Å²) < 4.78 is 0. The van der Waals surface area contributed by atoms with Crippen LogP contribution in [0.5, 0.6) is 0 Å². The van der Waals surface area contributed by atoms with Gasteiger partial charge in [0, 0.05) is 11.4 Å². The normalized spacial score (nSPS) is 10.9. The van der Waals surface area contributed by atoms with Gasteiger partial charge in [0.2, 0.25) is 0 Å². The maximum absolute atomic E-state index is 4.36. The van der Waals surface area contributed by atoms with Crippen molar-refractivity contribution in [3.8, 4) is 11.1 Å². The molecule has 0 aliphatic rings. The molecule has 0 unspecified atom stereocenters. The molecule has 0 heterocycles. The van der Waals surface area contributed by atoms with Crippen LogP contribution in [0.1, 0.15) is 32.3 Å². The number of nitrogens with one attached hydrogen (secondary N) is 1. The van der Waals surface area contributed by atoms with Crippen LogP contribution in [0.4, 0.5) is 17.1 Å². The van der Waals surface area contributed by atoms with Crippen molar-refractivity contribution >= 4 is 17.1 Å². The van der Waals surface area contributed by atoms with Gasteiger partial charge in [0.1, 0.15) is 0 Å². The average molecular weight is 370 g/mol. The molecule has 0 radical (unpaired) electrons.